The minimum Gasteiger partial charge on any atom is -1.00 e. The molecular formula is C18H35NaO7S. The summed E-state index contributed by atoms with van der Waals surface area (Å²) in [5.41, 5.74) is 0. The Balaban J connectivity index is -0.00000312. The summed E-state index contributed by atoms with van der Waals surface area (Å²) in [6, 6.07) is 0. The minimum atomic E-state index is -4.72. The zero-order chi connectivity index (χ0) is 19.8. The van der Waals surface area contributed by atoms with E-state index in [1.807, 2.05) is 0 Å². The van der Waals surface area contributed by atoms with Gasteiger partial charge in [-0.3, -0.25) is 14.1 Å². The maximum Gasteiger partial charge on any atom is 1.00 e. The van der Waals surface area contributed by atoms with Gasteiger partial charge in [0.1, 0.15) is 0 Å². The van der Waals surface area contributed by atoms with Crippen LogP contribution in [0.25, 0.3) is 0 Å². The topological polar surface area (TPSA) is 107 Å². The summed E-state index contributed by atoms with van der Waals surface area (Å²) in [4.78, 5) is 23.2. The molecule has 0 amide bonds. The first kappa shape index (κ1) is 29.1. The molecule has 0 saturated heterocycles. The van der Waals surface area contributed by atoms with Crippen LogP contribution in [0.15, 0.2) is 0 Å². The van der Waals surface area contributed by atoms with Gasteiger partial charge in [0.25, 0.3) is 10.1 Å². The van der Waals surface area contributed by atoms with Crippen molar-refractivity contribution in [2.24, 2.45) is 0 Å². The maximum absolute atomic E-state index is 11.8. The normalized spacial score (nSPS) is 12.1. The number of esters is 2. The van der Waals surface area contributed by atoms with Crippen molar-refractivity contribution in [3.05, 3.63) is 0 Å². The first-order valence-electron chi connectivity index (χ1n) is 9.61. The molecule has 7 nitrogen and oxygen atoms in total. The van der Waals surface area contributed by atoms with Crippen LogP contribution in [0.4, 0.5) is 0 Å². The number of unbranched alkanes of at least 4 members (excludes halogenated alkanes) is 9. The molecule has 0 aromatic rings. The fraction of sp³-hybridized carbons (Fsp3) is 0.889. The van der Waals surface area contributed by atoms with Crippen LogP contribution in [0.5, 0.6) is 0 Å². The number of hydrogen-bond acceptors (Lipinski definition) is 6. The first-order valence-corrected chi connectivity index (χ1v) is 11.1. The van der Waals surface area contributed by atoms with Crippen molar-refractivity contribution in [1.29, 1.82) is 0 Å². The van der Waals surface area contributed by atoms with Crippen LogP contribution in [0.2, 0.25) is 0 Å². The average Bonchev–Trinajstić information content (AvgIpc) is 2.56. The van der Waals surface area contributed by atoms with Gasteiger partial charge in [0.05, 0.1) is 19.6 Å². The Bertz CT molecular complexity index is 500. The summed E-state index contributed by atoms with van der Waals surface area (Å²) >= 11 is 0. The number of rotatable bonds is 16. The zero-order valence-electron chi connectivity index (χ0n) is 18.1. The molecule has 0 spiro atoms. The predicted octanol–water partition coefficient (Wildman–Crippen LogP) is 0.777. The van der Waals surface area contributed by atoms with E-state index in [0.29, 0.717) is 6.42 Å². The number of carbonyl (C=O) groups is 2. The monoisotopic (exact) mass is 418 g/mol. The number of carbonyl (C=O) groups excluding carboxylic acids is 2. The second-order valence-electron chi connectivity index (χ2n) is 6.36. The molecule has 0 radical (unpaired) electrons. The van der Waals surface area contributed by atoms with Crippen LogP contribution in [-0.4, -0.2) is 43.4 Å². The summed E-state index contributed by atoms with van der Waals surface area (Å²) in [6.07, 6.45) is 10.5. The molecule has 0 aliphatic carbocycles. The third kappa shape index (κ3) is 16.5. The molecule has 1 atom stereocenters. The standard InChI is InChI=1S/C18H34O7S.Na.H/c1-3-5-6-7-8-9-10-11-12-13-14-25-18(20)16(26(21,22)23)15-17(19)24-4-2;;/h16H,3-15H2,1-2H3,(H,21,22,23);;/q;+1;-1. The predicted molar refractivity (Wildman–Crippen MR) is 101 cm³/mol. The molecule has 0 saturated carbocycles. The molecule has 0 heterocycles. The molecule has 0 aliphatic rings. The smallest absolute Gasteiger partial charge is 1.00 e. The second kappa shape index (κ2) is 17.9. The molecule has 9 heteroatoms. The summed E-state index contributed by atoms with van der Waals surface area (Å²) in [5.74, 6) is -1.98. The van der Waals surface area contributed by atoms with E-state index in [4.69, 9.17) is 9.29 Å². The van der Waals surface area contributed by atoms with Gasteiger partial charge in [0.2, 0.25) is 0 Å². The van der Waals surface area contributed by atoms with Crippen molar-refractivity contribution in [1.82, 2.24) is 0 Å². The average molecular weight is 419 g/mol. The summed E-state index contributed by atoms with van der Waals surface area (Å²) in [5, 5.41) is -1.93. The quantitative estimate of drug-likeness (QED) is 0.171. The Hall–Kier alpha value is -0.150. The molecule has 0 bridgehead atoms. The van der Waals surface area contributed by atoms with Gasteiger partial charge in [-0.2, -0.15) is 8.42 Å². The first-order chi connectivity index (χ1) is 12.3. The molecule has 156 valence electrons. The van der Waals surface area contributed by atoms with Gasteiger partial charge in [-0.05, 0) is 13.3 Å². The SMILES string of the molecule is CCCCCCCCCCCCOC(=O)C(CC(=O)OCC)S(=O)(=O)O.[H-].[Na+]. The van der Waals surface area contributed by atoms with Crippen LogP contribution in [-0.2, 0) is 29.2 Å². The van der Waals surface area contributed by atoms with Gasteiger partial charge >= 0.3 is 41.5 Å². The number of hydrogen-bond donors (Lipinski definition) is 1. The summed E-state index contributed by atoms with van der Waals surface area (Å²) in [7, 11) is -4.72. The Kier molecular flexibility index (Phi) is 19.3. The fourth-order valence-corrected chi connectivity index (χ4v) is 3.19. The molecule has 0 aromatic carbocycles. The Morgan fingerprint density at radius 2 is 1.37 bits per heavy atom. The van der Waals surface area contributed by atoms with E-state index in [1.54, 1.807) is 6.92 Å². The van der Waals surface area contributed by atoms with Gasteiger partial charge in [0, 0.05) is 0 Å². The Morgan fingerprint density at radius 3 is 1.81 bits per heavy atom. The van der Waals surface area contributed by atoms with E-state index < -0.39 is 33.7 Å². The number of ether oxygens (including phenoxy) is 2. The molecule has 1 N–H and O–H groups in total. The third-order valence-corrected chi connectivity index (χ3v) is 5.10. The fourth-order valence-electron chi connectivity index (χ4n) is 2.54. The molecule has 1 unspecified atom stereocenters. The van der Waals surface area contributed by atoms with Crippen molar-refractivity contribution in [3.63, 3.8) is 0 Å². The van der Waals surface area contributed by atoms with Crippen molar-refractivity contribution in [2.75, 3.05) is 13.2 Å². The van der Waals surface area contributed by atoms with Crippen LogP contribution in [0.3, 0.4) is 0 Å². The van der Waals surface area contributed by atoms with E-state index in [1.165, 1.54) is 38.5 Å². The Morgan fingerprint density at radius 1 is 0.889 bits per heavy atom. The van der Waals surface area contributed by atoms with Gasteiger partial charge in [-0.1, -0.05) is 64.7 Å². The molecule has 27 heavy (non-hydrogen) atoms. The van der Waals surface area contributed by atoms with Gasteiger partial charge in [-0.15, -0.1) is 0 Å². The van der Waals surface area contributed by atoms with Crippen molar-refractivity contribution >= 4 is 22.1 Å². The third-order valence-electron chi connectivity index (χ3n) is 4.02. The summed E-state index contributed by atoms with van der Waals surface area (Å²) < 4.78 is 41.1. The molecular weight excluding hydrogens is 383 g/mol. The van der Waals surface area contributed by atoms with Gasteiger partial charge < -0.3 is 10.9 Å². The van der Waals surface area contributed by atoms with Crippen molar-refractivity contribution in [3.8, 4) is 0 Å². The maximum atomic E-state index is 11.8. The zero-order valence-corrected chi connectivity index (χ0v) is 19.9. The van der Waals surface area contributed by atoms with Crippen molar-refractivity contribution < 1.29 is 63.0 Å². The molecule has 0 fully saturated rings. The van der Waals surface area contributed by atoms with Crippen LogP contribution in [0, 0.1) is 0 Å². The molecule has 0 rings (SSSR count). The van der Waals surface area contributed by atoms with Gasteiger partial charge in [-0.25, -0.2) is 0 Å². The summed E-state index contributed by atoms with van der Waals surface area (Å²) in [6.45, 7) is 3.89. The largest absolute Gasteiger partial charge is 1.00 e. The van der Waals surface area contributed by atoms with E-state index in [-0.39, 0.29) is 44.2 Å². The molecule has 0 aromatic heterocycles. The van der Waals surface area contributed by atoms with E-state index in [9.17, 15) is 18.0 Å². The second-order valence-corrected chi connectivity index (χ2v) is 7.96. The minimum absolute atomic E-state index is 0. The van der Waals surface area contributed by atoms with E-state index in [2.05, 4.69) is 11.7 Å². The van der Waals surface area contributed by atoms with Crippen LogP contribution in [0.1, 0.15) is 85.9 Å². The van der Waals surface area contributed by atoms with Gasteiger partial charge in [0.15, 0.2) is 5.25 Å². The molecule has 0 aliphatic heterocycles. The van der Waals surface area contributed by atoms with Crippen LogP contribution >= 0.6 is 0 Å². The van der Waals surface area contributed by atoms with Crippen LogP contribution < -0.4 is 29.6 Å². The van der Waals surface area contributed by atoms with E-state index in [0.717, 1.165) is 19.3 Å². The Labute approximate surface area is 187 Å². The van der Waals surface area contributed by atoms with Crippen molar-refractivity contribution in [2.45, 2.75) is 89.7 Å². The van der Waals surface area contributed by atoms with E-state index >= 15 is 0 Å².